The van der Waals surface area contributed by atoms with Crippen molar-refractivity contribution in [3.63, 3.8) is 0 Å². The van der Waals surface area contributed by atoms with Crippen LogP contribution in [0.3, 0.4) is 0 Å². The highest BCUT2D eigenvalue weighted by molar-refractivity contribution is 5.95. The summed E-state index contributed by atoms with van der Waals surface area (Å²) in [4.78, 5) is 27.6. The van der Waals surface area contributed by atoms with Gasteiger partial charge < -0.3 is 10.2 Å². The van der Waals surface area contributed by atoms with Crippen molar-refractivity contribution < 1.29 is 9.59 Å². The molecule has 1 unspecified atom stereocenters. The van der Waals surface area contributed by atoms with E-state index < -0.39 is 5.41 Å². The summed E-state index contributed by atoms with van der Waals surface area (Å²) >= 11 is 0. The van der Waals surface area contributed by atoms with Crippen molar-refractivity contribution in [1.29, 1.82) is 0 Å². The van der Waals surface area contributed by atoms with E-state index in [0.29, 0.717) is 25.2 Å². The summed E-state index contributed by atoms with van der Waals surface area (Å²) in [5.41, 5.74) is 3.55. The molecule has 1 fully saturated rings. The van der Waals surface area contributed by atoms with Crippen molar-refractivity contribution in [1.82, 2.24) is 10.2 Å². The first kappa shape index (κ1) is 19.2. The van der Waals surface area contributed by atoms with Gasteiger partial charge in [-0.3, -0.25) is 9.59 Å². The maximum absolute atomic E-state index is 12.9. The Morgan fingerprint density at radius 2 is 1.78 bits per heavy atom. The third-order valence-electron chi connectivity index (χ3n) is 5.53. The van der Waals surface area contributed by atoms with Gasteiger partial charge in [-0.2, -0.15) is 0 Å². The number of benzene rings is 2. The number of hydrogen-bond acceptors (Lipinski definition) is 2. The second-order valence-corrected chi connectivity index (χ2v) is 7.87. The Hall–Kier alpha value is -2.62. The highest BCUT2D eigenvalue weighted by Gasteiger charge is 2.39. The average molecular weight is 364 g/mol. The van der Waals surface area contributed by atoms with Crippen LogP contribution in [0.1, 0.15) is 46.8 Å². The standard InChI is InChI=1S/C23H28N2O2/c1-17-9-11-19(12-10-17)21(26)25-14-6-13-23(3,16-25)22(27)24-15-20-8-5-4-7-18(20)2/h4-5,7-12H,6,13-16H2,1-3H3,(H,24,27). The molecule has 1 atom stereocenters. The monoisotopic (exact) mass is 364 g/mol. The molecule has 2 aromatic carbocycles. The number of aryl methyl sites for hydroxylation is 2. The highest BCUT2D eigenvalue weighted by Crippen LogP contribution is 2.30. The number of hydrogen-bond donors (Lipinski definition) is 1. The molecule has 0 bridgehead atoms. The SMILES string of the molecule is Cc1ccc(C(=O)N2CCCC(C)(C(=O)NCc3ccccc3C)C2)cc1. The van der Waals surface area contributed by atoms with Gasteiger partial charge in [0.05, 0.1) is 5.41 Å². The van der Waals surface area contributed by atoms with Gasteiger partial charge in [-0.25, -0.2) is 0 Å². The molecule has 2 aromatic rings. The van der Waals surface area contributed by atoms with Crippen molar-refractivity contribution in [3.8, 4) is 0 Å². The Balaban J connectivity index is 1.66. The zero-order valence-electron chi connectivity index (χ0n) is 16.4. The van der Waals surface area contributed by atoms with Gasteiger partial charge in [0, 0.05) is 25.2 Å². The summed E-state index contributed by atoms with van der Waals surface area (Å²) in [6, 6.07) is 15.7. The molecule has 142 valence electrons. The van der Waals surface area contributed by atoms with E-state index in [1.807, 2.05) is 74.2 Å². The Morgan fingerprint density at radius 3 is 2.48 bits per heavy atom. The van der Waals surface area contributed by atoms with Gasteiger partial charge in [0.15, 0.2) is 0 Å². The van der Waals surface area contributed by atoms with E-state index >= 15 is 0 Å². The van der Waals surface area contributed by atoms with E-state index in [1.165, 1.54) is 5.56 Å². The van der Waals surface area contributed by atoms with Crippen molar-refractivity contribution in [3.05, 3.63) is 70.8 Å². The molecule has 4 nitrogen and oxygen atoms in total. The zero-order valence-corrected chi connectivity index (χ0v) is 16.4. The first-order valence-electron chi connectivity index (χ1n) is 9.58. The quantitative estimate of drug-likeness (QED) is 0.895. The van der Waals surface area contributed by atoms with Crippen molar-refractivity contribution in [2.45, 2.75) is 40.2 Å². The normalized spacial score (nSPS) is 19.6. The molecule has 1 aliphatic heterocycles. The minimum absolute atomic E-state index is 0.00706. The molecule has 0 spiro atoms. The second kappa shape index (κ2) is 7.95. The number of nitrogens with zero attached hydrogens (tertiary/aromatic N) is 1. The molecular weight excluding hydrogens is 336 g/mol. The molecule has 1 heterocycles. The van der Waals surface area contributed by atoms with Crippen molar-refractivity contribution >= 4 is 11.8 Å². The van der Waals surface area contributed by atoms with Crippen LogP contribution >= 0.6 is 0 Å². The Bertz CT molecular complexity index is 829. The molecule has 2 amide bonds. The summed E-state index contributed by atoms with van der Waals surface area (Å²) in [5, 5.41) is 3.08. The van der Waals surface area contributed by atoms with Gasteiger partial charge in [-0.05, 0) is 56.9 Å². The van der Waals surface area contributed by atoms with Crippen LogP contribution in [0.25, 0.3) is 0 Å². The van der Waals surface area contributed by atoms with E-state index in [-0.39, 0.29) is 11.8 Å². The molecule has 0 radical (unpaired) electrons. The van der Waals surface area contributed by atoms with Gasteiger partial charge in [0.25, 0.3) is 5.91 Å². The van der Waals surface area contributed by atoms with Gasteiger partial charge >= 0.3 is 0 Å². The number of carbonyl (C=O) groups excluding carboxylic acids is 2. The molecule has 1 saturated heterocycles. The van der Waals surface area contributed by atoms with Gasteiger partial charge in [-0.1, -0.05) is 42.0 Å². The summed E-state index contributed by atoms with van der Waals surface area (Å²) in [5.74, 6) is 0.0276. The lowest BCUT2D eigenvalue weighted by Gasteiger charge is -2.39. The van der Waals surface area contributed by atoms with Crippen LogP contribution in [-0.2, 0) is 11.3 Å². The highest BCUT2D eigenvalue weighted by atomic mass is 16.2. The molecule has 1 aliphatic rings. The van der Waals surface area contributed by atoms with E-state index in [1.54, 1.807) is 0 Å². The fourth-order valence-corrected chi connectivity index (χ4v) is 3.67. The molecule has 4 heteroatoms. The smallest absolute Gasteiger partial charge is 0.253 e. The number of amides is 2. The number of nitrogens with one attached hydrogen (secondary N) is 1. The predicted octanol–water partition coefficient (Wildman–Crippen LogP) is 3.86. The average Bonchev–Trinajstić information content (AvgIpc) is 2.67. The van der Waals surface area contributed by atoms with Crippen LogP contribution in [0, 0.1) is 19.3 Å². The Labute approximate surface area is 161 Å². The minimum Gasteiger partial charge on any atom is -0.351 e. The van der Waals surface area contributed by atoms with Crippen LogP contribution < -0.4 is 5.32 Å². The second-order valence-electron chi connectivity index (χ2n) is 7.87. The van der Waals surface area contributed by atoms with Crippen LogP contribution in [0.4, 0.5) is 0 Å². The van der Waals surface area contributed by atoms with Crippen LogP contribution in [0.2, 0.25) is 0 Å². The molecule has 0 aromatic heterocycles. The lowest BCUT2D eigenvalue weighted by molar-refractivity contribution is -0.132. The fourth-order valence-electron chi connectivity index (χ4n) is 3.67. The van der Waals surface area contributed by atoms with Gasteiger partial charge in [0.1, 0.15) is 0 Å². The van der Waals surface area contributed by atoms with Crippen LogP contribution in [-0.4, -0.2) is 29.8 Å². The number of carbonyl (C=O) groups is 2. The van der Waals surface area contributed by atoms with Gasteiger partial charge in [0.2, 0.25) is 5.91 Å². The topological polar surface area (TPSA) is 49.4 Å². The first-order chi connectivity index (χ1) is 12.9. The van der Waals surface area contributed by atoms with E-state index in [2.05, 4.69) is 5.32 Å². The number of rotatable bonds is 4. The number of piperidine rings is 1. The van der Waals surface area contributed by atoms with Crippen molar-refractivity contribution in [2.24, 2.45) is 5.41 Å². The molecule has 0 aliphatic carbocycles. The lowest BCUT2D eigenvalue weighted by Crippen LogP contribution is -2.51. The lowest BCUT2D eigenvalue weighted by atomic mass is 9.80. The largest absolute Gasteiger partial charge is 0.351 e. The maximum Gasteiger partial charge on any atom is 0.253 e. The fraction of sp³-hybridized carbons (Fsp3) is 0.391. The predicted molar refractivity (Wildman–Crippen MR) is 107 cm³/mol. The Morgan fingerprint density at radius 1 is 1.07 bits per heavy atom. The van der Waals surface area contributed by atoms with E-state index in [4.69, 9.17) is 0 Å². The molecule has 0 saturated carbocycles. The summed E-state index contributed by atoms with van der Waals surface area (Å²) in [7, 11) is 0. The maximum atomic E-state index is 12.9. The zero-order chi connectivity index (χ0) is 19.4. The Kier molecular flexibility index (Phi) is 5.64. The first-order valence-corrected chi connectivity index (χ1v) is 9.58. The summed E-state index contributed by atoms with van der Waals surface area (Å²) in [6.45, 7) is 7.70. The summed E-state index contributed by atoms with van der Waals surface area (Å²) < 4.78 is 0. The third kappa shape index (κ3) is 4.38. The minimum atomic E-state index is -0.554. The molecule has 1 N–H and O–H groups in total. The number of likely N-dealkylation sites (tertiary alicyclic amines) is 1. The molecular formula is C23H28N2O2. The summed E-state index contributed by atoms with van der Waals surface area (Å²) in [6.07, 6.45) is 1.64. The van der Waals surface area contributed by atoms with Crippen molar-refractivity contribution in [2.75, 3.05) is 13.1 Å². The molecule has 27 heavy (non-hydrogen) atoms. The molecule has 3 rings (SSSR count). The van der Waals surface area contributed by atoms with E-state index in [9.17, 15) is 9.59 Å². The van der Waals surface area contributed by atoms with Crippen LogP contribution in [0.15, 0.2) is 48.5 Å². The van der Waals surface area contributed by atoms with Crippen LogP contribution in [0.5, 0.6) is 0 Å². The van der Waals surface area contributed by atoms with E-state index in [0.717, 1.165) is 24.0 Å². The van der Waals surface area contributed by atoms with Gasteiger partial charge in [-0.15, -0.1) is 0 Å². The third-order valence-corrected chi connectivity index (χ3v) is 5.53.